The van der Waals surface area contributed by atoms with Crippen molar-refractivity contribution in [2.75, 3.05) is 26.7 Å². The number of carboxylic acid groups (broad SMARTS) is 1. The van der Waals surface area contributed by atoms with Crippen LogP contribution in [0.3, 0.4) is 0 Å². The fourth-order valence-electron chi connectivity index (χ4n) is 2.57. The molecule has 0 aromatic rings. The van der Waals surface area contributed by atoms with Crippen molar-refractivity contribution in [2.24, 2.45) is 5.92 Å². The van der Waals surface area contributed by atoms with E-state index in [0.717, 1.165) is 0 Å². The lowest BCUT2D eigenvalue weighted by molar-refractivity contribution is -0.910. The molecule has 0 unspecified atom stereocenters. The van der Waals surface area contributed by atoms with Crippen LogP contribution < -0.4 is 5.11 Å². The van der Waals surface area contributed by atoms with Crippen molar-refractivity contribution in [1.29, 1.82) is 0 Å². The number of nitrogens with zero attached hydrogens (tertiary/aromatic N) is 1. The molecule has 0 fully saturated rings. The van der Waals surface area contributed by atoms with Crippen molar-refractivity contribution >= 4 is 5.97 Å². The van der Waals surface area contributed by atoms with E-state index in [2.05, 4.69) is 27.8 Å². The van der Waals surface area contributed by atoms with E-state index < -0.39 is 5.97 Å². The molecule has 0 aliphatic heterocycles. The van der Waals surface area contributed by atoms with Gasteiger partial charge in [0.15, 0.2) is 0 Å². The van der Waals surface area contributed by atoms with Gasteiger partial charge in [0, 0.05) is 5.97 Å². The summed E-state index contributed by atoms with van der Waals surface area (Å²) in [5.74, 6) is -1.33. The minimum Gasteiger partial charge on any atom is -0.550 e. The maximum absolute atomic E-state index is 9.59. The van der Waals surface area contributed by atoms with Crippen molar-refractivity contribution < 1.29 is 14.4 Å². The highest BCUT2D eigenvalue weighted by Crippen LogP contribution is 2.13. The number of aliphatic carboxylic acids is 1. The van der Waals surface area contributed by atoms with Gasteiger partial charge in [-0.1, -0.05) is 53.9 Å². The normalized spacial score (nSPS) is 11.3. The molecule has 0 N–H and O–H groups in total. The first-order chi connectivity index (χ1) is 10.8. The molecule has 0 amide bonds. The fraction of sp³-hybridized carbons (Fsp3) is 0.950. The van der Waals surface area contributed by atoms with Gasteiger partial charge >= 0.3 is 0 Å². The molecule has 23 heavy (non-hydrogen) atoms. The summed E-state index contributed by atoms with van der Waals surface area (Å²) in [4.78, 5) is 9.59. The summed E-state index contributed by atoms with van der Waals surface area (Å²) in [5, 5.41) is 9.59. The molecule has 140 valence electrons. The van der Waals surface area contributed by atoms with E-state index in [-0.39, 0.29) is 5.92 Å². The molecule has 0 radical (unpaired) electrons. The van der Waals surface area contributed by atoms with Crippen molar-refractivity contribution in [3.8, 4) is 0 Å². The van der Waals surface area contributed by atoms with E-state index in [1.807, 2.05) is 0 Å². The van der Waals surface area contributed by atoms with Crippen molar-refractivity contribution in [1.82, 2.24) is 0 Å². The molecule has 0 saturated carbocycles. The van der Waals surface area contributed by atoms with E-state index in [0.29, 0.717) is 0 Å². The largest absolute Gasteiger partial charge is 0.550 e. The van der Waals surface area contributed by atoms with Crippen LogP contribution in [0.15, 0.2) is 0 Å². The first kappa shape index (κ1) is 24.7. The highest BCUT2D eigenvalue weighted by Gasteiger charge is 2.19. The Morgan fingerprint density at radius 2 is 1.04 bits per heavy atom. The van der Waals surface area contributed by atoms with Crippen LogP contribution >= 0.6 is 0 Å². The van der Waals surface area contributed by atoms with E-state index in [1.54, 1.807) is 13.8 Å². The Labute approximate surface area is 146 Å². The van der Waals surface area contributed by atoms with E-state index in [4.69, 9.17) is 0 Å². The van der Waals surface area contributed by atoms with Crippen LogP contribution in [0.25, 0.3) is 0 Å². The Bertz CT molecular complexity index is 238. The summed E-state index contributed by atoms with van der Waals surface area (Å²) in [5.41, 5.74) is 0. The molecule has 0 aliphatic rings. The molecule has 0 aromatic carbocycles. The summed E-state index contributed by atoms with van der Waals surface area (Å²) in [6.07, 6.45) is 12.6. The number of hydrogen-bond acceptors (Lipinski definition) is 2. The number of rotatable bonds is 13. The summed E-state index contributed by atoms with van der Waals surface area (Å²) in [6.45, 7) is 14.3. The SMILES string of the molecule is CC(C)C(=O)[O-].CCCCC[N+](C)(CCCCC)CCCCC. The van der Waals surface area contributed by atoms with Gasteiger partial charge in [0.05, 0.1) is 26.7 Å². The number of carbonyl (C=O) groups is 1. The molecule has 3 heteroatoms. The lowest BCUT2D eigenvalue weighted by Gasteiger charge is -2.35. The number of unbranched alkanes of at least 4 members (excludes halogenated alkanes) is 6. The van der Waals surface area contributed by atoms with E-state index in [1.165, 1.54) is 81.9 Å². The smallest absolute Gasteiger partial charge is 0.0784 e. The zero-order chi connectivity index (χ0) is 18.1. The molecule has 0 aromatic heterocycles. The predicted molar refractivity (Wildman–Crippen MR) is 99.2 cm³/mol. The molecule has 0 aliphatic carbocycles. The Balaban J connectivity index is 0. The van der Waals surface area contributed by atoms with Crippen LogP contribution in [-0.4, -0.2) is 37.1 Å². The van der Waals surface area contributed by atoms with Gasteiger partial charge in [-0.2, -0.15) is 0 Å². The monoisotopic (exact) mass is 329 g/mol. The minimum atomic E-state index is -0.991. The minimum absolute atomic E-state index is 0.343. The first-order valence-corrected chi connectivity index (χ1v) is 9.87. The summed E-state index contributed by atoms with van der Waals surface area (Å²) >= 11 is 0. The third-order valence-electron chi connectivity index (χ3n) is 4.38. The van der Waals surface area contributed by atoms with Gasteiger partial charge in [0.1, 0.15) is 0 Å². The highest BCUT2D eigenvalue weighted by atomic mass is 16.4. The molecule has 0 spiro atoms. The fourth-order valence-corrected chi connectivity index (χ4v) is 2.57. The predicted octanol–water partition coefficient (Wildman–Crippen LogP) is 4.40. The van der Waals surface area contributed by atoms with Crippen molar-refractivity contribution in [3.63, 3.8) is 0 Å². The van der Waals surface area contributed by atoms with Gasteiger partial charge in [0.25, 0.3) is 0 Å². The number of carboxylic acids is 1. The van der Waals surface area contributed by atoms with Gasteiger partial charge in [-0.3, -0.25) is 0 Å². The van der Waals surface area contributed by atoms with Gasteiger partial charge in [-0.15, -0.1) is 0 Å². The summed E-state index contributed by atoms with van der Waals surface area (Å²) < 4.78 is 1.33. The number of hydrogen-bond donors (Lipinski definition) is 0. The molecule has 0 heterocycles. The third-order valence-corrected chi connectivity index (χ3v) is 4.38. The maximum atomic E-state index is 9.59. The van der Waals surface area contributed by atoms with Crippen molar-refractivity contribution in [3.05, 3.63) is 0 Å². The Hall–Kier alpha value is -0.570. The molecule has 3 nitrogen and oxygen atoms in total. The van der Waals surface area contributed by atoms with Crippen LogP contribution in [0.4, 0.5) is 0 Å². The van der Waals surface area contributed by atoms with Crippen LogP contribution in [0, 0.1) is 5.92 Å². The van der Waals surface area contributed by atoms with Crippen LogP contribution in [0.5, 0.6) is 0 Å². The van der Waals surface area contributed by atoms with Gasteiger partial charge in [-0.25, -0.2) is 0 Å². The van der Waals surface area contributed by atoms with Crippen LogP contribution in [-0.2, 0) is 4.79 Å². The van der Waals surface area contributed by atoms with Crippen LogP contribution in [0.1, 0.15) is 92.4 Å². The zero-order valence-corrected chi connectivity index (χ0v) is 16.8. The molecule has 0 saturated heterocycles. The molecule has 0 bridgehead atoms. The second kappa shape index (κ2) is 16.3. The highest BCUT2D eigenvalue weighted by molar-refractivity contribution is 5.66. The Morgan fingerprint density at radius 1 is 0.783 bits per heavy atom. The molecular weight excluding hydrogens is 286 g/mol. The summed E-state index contributed by atoms with van der Waals surface area (Å²) in [6, 6.07) is 0. The average Bonchev–Trinajstić information content (AvgIpc) is 2.49. The van der Waals surface area contributed by atoms with Gasteiger partial charge in [-0.05, 0) is 44.4 Å². The first-order valence-electron chi connectivity index (χ1n) is 9.87. The van der Waals surface area contributed by atoms with E-state index in [9.17, 15) is 9.90 Å². The second-order valence-electron chi connectivity index (χ2n) is 7.39. The maximum Gasteiger partial charge on any atom is 0.0784 e. The average molecular weight is 330 g/mol. The van der Waals surface area contributed by atoms with Crippen LogP contribution in [0.2, 0.25) is 0 Å². The number of quaternary nitrogens is 1. The van der Waals surface area contributed by atoms with Crippen molar-refractivity contribution in [2.45, 2.75) is 92.4 Å². The molecule has 0 atom stereocenters. The lowest BCUT2D eigenvalue weighted by Crippen LogP contribution is -2.46. The molecular formula is C20H43NO2. The lowest BCUT2D eigenvalue weighted by atomic mass is 10.1. The summed E-state index contributed by atoms with van der Waals surface area (Å²) in [7, 11) is 2.49. The quantitative estimate of drug-likeness (QED) is 0.371. The number of carbonyl (C=O) groups excluding carboxylic acids is 1. The zero-order valence-electron chi connectivity index (χ0n) is 16.8. The topological polar surface area (TPSA) is 40.1 Å². The van der Waals surface area contributed by atoms with Gasteiger partial charge in [0.2, 0.25) is 0 Å². The second-order valence-corrected chi connectivity index (χ2v) is 7.39. The van der Waals surface area contributed by atoms with Gasteiger partial charge < -0.3 is 14.4 Å². The Morgan fingerprint density at radius 3 is 1.22 bits per heavy atom. The standard InChI is InChI=1S/C16H36N.C4H8O2/c1-5-8-11-14-17(4,15-12-9-6-2)16-13-10-7-3;1-3(2)4(5)6/h5-16H2,1-4H3;3H,1-2H3,(H,5,6)/q+1;/p-1. The Kier molecular flexibility index (Phi) is 17.5. The third kappa shape index (κ3) is 17.6. The van der Waals surface area contributed by atoms with E-state index >= 15 is 0 Å². The molecule has 0 rings (SSSR count).